The van der Waals surface area contributed by atoms with Gasteiger partial charge in [-0.15, -0.1) is 0 Å². The molecule has 0 aliphatic rings. The third-order valence-electron chi connectivity index (χ3n) is 2.32. The van der Waals surface area contributed by atoms with Crippen LogP contribution < -0.4 is 5.32 Å². The summed E-state index contributed by atoms with van der Waals surface area (Å²) in [4.78, 5) is 9.65. The average molecular weight is 315 g/mol. The van der Waals surface area contributed by atoms with E-state index in [-0.39, 0.29) is 12.2 Å². The van der Waals surface area contributed by atoms with E-state index < -0.39 is 40.1 Å². The van der Waals surface area contributed by atoms with Gasteiger partial charge in [0.2, 0.25) is 0 Å². The first kappa shape index (κ1) is 16.5. The number of nitrogens with zero attached hydrogens (tertiary/aromatic N) is 1. The molecule has 0 aliphatic carbocycles. The number of alkyl halides is 3. The number of aliphatic hydroxyl groups is 2. The third kappa shape index (κ3) is 3.95. The Bertz CT molecular complexity index is 510. The fraction of sp³-hybridized carbons (Fsp3) is 0.400. The van der Waals surface area contributed by atoms with Gasteiger partial charge >= 0.3 is 6.18 Å². The van der Waals surface area contributed by atoms with Crippen molar-refractivity contribution in [2.45, 2.75) is 12.3 Å². The van der Waals surface area contributed by atoms with Gasteiger partial charge in [0.25, 0.3) is 5.69 Å². The minimum atomic E-state index is -4.78. The number of aliphatic hydroxyl groups excluding tert-OH is 2. The summed E-state index contributed by atoms with van der Waals surface area (Å²) in [6.45, 7) is -0.930. The Morgan fingerprint density at radius 3 is 2.50 bits per heavy atom. The highest BCUT2D eigenvalue weighted by Crippen LogP contribution is 2.39. The fourth-order valence-corrected chi connectivity index (χ4v) is 1.57. The smallest absolute Gasteiger partial charge is 0.394 e. The summed E-state index contributed by atoms with van der Waals surface area (Å²) in [6, 6.07) is 0.926. The van der Waals surface area contributed by atoms with Crippen molar-refractivity contribution in [1.82, 2.24) is 0 Å². The highest BCUT2D eigenvalue weighted by atomic mass is 35.5. The molecule has 1 aromatic carbocycles. The van der Waals surface area contributed by atoms with Gasteiger partial charge in [-0.2, -0.15) is 13.2 Å². The van der Waals surface area contributed by atoms with E-state index in [1.54, 1.807) is 0 Å². The van der Waals surface area contributed by atoms with E-state index in [1.165, 1.54) is 0 Å². The number of nitro groups is 1. The summed E-state index contributed by atoms with van der Waals surface area (Å²) >= 11 is 5.64. The van der Waals surface area contributed by atoms with Crippen molar-refractivity contribution in [3.63, 3.8) is 0 Å². The van der Waals surface area contributed by atoms with E-state index in [4.69, 9.17) is 21.8 Å². The van der Waals surface area contributed by atoms with Crippen LogP contribution in [-0.2, 0) is 6.18 Å². The zero-order chi connectivity index (χ0) is 15.5. The largest absolute Gasteiger partial charge is 0.416 e. The summed E-state index contributed by atoms with van der Waals surface area (Å²) < 4.78 is 37.9. The summed E-state index contributed by atoms with van der Waals surface area (Å²) in [5, 5.41) is 30.2. The molecule has 0 saturated carbocycles. The molecule has 10 heteroatoms. The summed E-state index contributed by atoms with van der Waals surface area (Å²) in [7, 11) is 0. The van der Waals surface area contributed by atoms with Gasteiger partial charge in [0, 0.05) is 12.6 Å². The second kappa shape index (κ2) is 6.25. The zero-order valence-electron chi connectivity index (χ0n) is 9.82. The molecule has 3 N–H and O–H groups in total. The van der Waals surface area contributed by atoms with Crippen molar-refractivity contribution < 1.29 is 28.3 Å². The SMILES string of the molecule is O=[N+]([O-])c1cc(C(F)(F)F)cc(NCC(O)CO)c1Cl. The minimum Gasteiger partial charge on any atom is -0.394 e. The highest BCUT2D eigenvalue weighted by Gasteiger charge is 2.34. The summed E-state index contributed by atoms with van der Waals surface area (Å²) in [6.07, 6.45) is -6.01. The molecule has 0 radical (unpaired) electrons. The summed E-state index contributed by atoms with van der Waals surface area (Å²) in [5.41, 5.74) is -2.49. The number of hydrogen-bond acceptors (Lipinski definition) is 5. The van der Waals surface area contributed by atoms with Crippen LogP contribution in [0, 0.1) is 10.1 Å². The number of halogens is 4. The maximum Gasteiger partial charge on any atom is 0.416 e. The fourth-order valence-electron chi connectivity index (χ4n) is 1.33. The van der Waals surface area contributed by atoms with E-state index in [9.17, 15) is 23.3 Å². The van der Waals surface area contributed by atoms with Crippen molar-refractivity contribution in [3.05, 3.63) is 32.8 Å². The van der Waals surface area contributed by atoms with Crippen LogP contribution in [0.1, 0.15) is 5.56 Å². The van der Waals surface area contributed by atoms with E-state index in [2.05, 4.69) is 5.32 Å². The topological polar surface area (TPSA) is 95.6 Å². The quantitative estimate of drug-likeness (QED) is 0.571. The highest BCUT2D eigenvalue weighted by molar-refractivity contribution is 6.35. The Morgan fingerprint density at radius 2 is 2.05 bits per heavy atom. The van der Waals surface area contributed by atoms with Crippen LogP contribution in [0.25, 0.3) is 0 Å². The predicted molar refractivity (Wildman–Crippen MR) is 64.7 cm³/mol. The number of rotatable bonds is 5. The maximum atomic E-state index is 12.6. The van der Waals surface area contributed by atoms with Gasteiger partial charge in [0.05, 0.1) is 28.9 Å². The first-order valence-electron chi connectivity index (χ1n) is 5.24. The second-order valence-corrected chi connectivity index (χ2v) is 4.21. The first-order chi connectivity index (χ1) is 9.16. The number of benzene rings is 1. The molecule has 0 aliphatic heterocycles. The van der Waals surface area contributed by atoms with E-state index in [0.717, 1.165) is 0 Å². The van der Waals surface area contributed by atoms with Crippen LogP contribution in [0.2, 0.25) is 5.02 Å². The third-order valence-corrected chi connectivity index (χ3v) is 2.71. The molecule has 0 aromatic heterocycles. The van der Waals surface area contributed by atoms with Crippen LogP contribution in [-0.4, -0.2) is 34.4 Å². The number of nitro benzene ring substituents is 1. The minimum absolute atomic E-state index is 0.311. The molecule has 0 amide bonds. The molecule has 112 valence electrons. The Labute approximate surface area is 115 Å². The van der Waals surface area contributed by atoms with Gasteiger partial charge in [0.15, 0.2) is 0 Å². The molecule has 1 aromatic rings. The molecule has 20 heavy (non-hydrogen) atoms. The van der Waals surface area contributed by atoms with Gasteiger partial charge in [-0.1, -0.05) is 11.6 Å². The van der Waals surface area contributed by atoms with Crippen molar-refractivity contribution in [1.29, 1.82) is 0 Å². The van der Waals surface area contributed by atoms with E-state index in [0.29, 0.717) is 12.1 Å². The molecule has 0 fully saturated rings. The van der Waals surface area contributed by atoms with Crippen LogP contribution in [0.15, 0.2) is 12.1 Å². The lowest BCUT2D eigenvalue weighted by molar-refractivity contribution is -0.384. The Morgan fingerprint density at radius 1 is 1.45 bits per heavy atom. The van der Waals surface area contributed by atoms with Crippen LogP contribution in [0.3, 0.4) is 0 Å². The predicted octanol–water partition coefficient (Wildman–Crippen LogP) is 2.03. The maximum absolute atomic E-state index is 12.6. The monoisotopic (exact) mass is 314 g/mol. The van der Waals surface area contributed by atoms with Crippen LogP contribution in [0.4, 0.5) is 24.5 Å². The Kier molecular flexibility index (Phi) is 5.15. The van der Waals surface area contributed by atoms with Crippen molar-refractivity contribution >= 4 is 23.0 Å². The zero-order valence-corrected chi connectivity index (χ0v) is 10.6. The molecule has 1 unspecified atom stereocenters. The molecular weight excluding hydrogens is 305 g/mol. The molecular formula is C10H10ClF3N2O4. The molecule has 6 nitrogen and oxygen atoms in total. The van der Waals surface area contributed by atoms with Gasteiger partial charge in [0.1, 0.15) is 5.02 Å². The lowest BCUT2D eigenvalue weighted by Crippen LogP contribution is -2.23. The summed E-state index contributed by atoms with van der Waals surface area (Å²) in [5.74, 6) is 0. The Balaban J connectivity index is 3.21. The van der Waals surface area contributed by atoms with Crippen molar-refractivity contribution in [3.8, 4) is 0 Å². The van der Waals surface area contributed by atoms with Gasteiger partial charge in [-0.05, 0) is 6.07 Å². The molecule has 0 saturated heterocycles. The molecule has 1 atom stereocenters. The lowest BCUT2D eigenvalue weighted by Gasteiger charge is -2.14. The molecule has 0 bridgehead atoms. The second-order valence-electron chi connectivity index (χ2n) is 3.83. The Hall–Kier alpha value is -1.58. The number of anilines is 1. The lowest BCUT2D eigenvalue weighted by atomic mass is 10.1. The number of hydrogen-bond donors (Lipinski definition) is 3. The number of nitrogens with one attached hydrogen (secondary N) is 1. The van der Waals surface area contributed by atoms with Crippen molar-refractivity contribution in [2.24, 2.45) is 0 Å². The van der Waals surface area contributed by atoms with Gasteiger partial charge < -0.3 is 15.5 Å². The standard InChI is InChI=1S/C10H10ClF3N2O4/c11-9-7(15-3-6(18)4-17)1-5(10(12,13)14)2-8(9)16(19)20/h1-2,6,15,17-18H,3-4H2. The van der Waals surface area contributed by atoms with Crippen molar-refractivity contribution in [2.75, 3.05) is 18.5 Å². The molecule has 1 rings (SSSR count). The normalized spacial score (nSPS) is 13.1. The van der Waals surface area contributed by atoms with Gasteiger partial charge in [-0.25, -0.2) is 0 Å². The molecule has 0 spiro atoms. The van der Waals surface area contributed by atoms with Gasteiger partial charge in [-0.3, -0.25) is 10.1 Å². The van der Waals surface area contributed by atoms with Crippen LogP contribution in [0.5, 0.6) is 0 Å². The first-order valence-corrected chi connectivity index (χ1v) is 5.62. The van der Waals surface area contributed by atoms with E-state index >= 15 is 0 Å². The van der Waals surface area contributed by atoms with Crippen LogP contribution >= 0.6 is 11.6 Å². The molecule has 0 heterocycles. The average Bonchev–Trinajstić information content (AvgIpc) is 2.35. The van der Waals surface area contributed by atoms with E-state index in [1.807, 2.05) is 0 Å².